The second-order valence-electron chi connectivity index (χ2n) is 7.13. The van der Waals surface area contributed by atoms with Crippen molar-refractivity contribution >= 4 is 10.8 Å². The Balaban J connectivity index is 0.000000490. The van der Waals surface area contributed by atoms with Gasteiger partial charge >= 0.3 is 0 Å². The normalized spacial score (nSPS) is 11.1. The standard InChI is InChI=1S/C20H21N.C5H12.C2H6/c1-4-15(3)17-10-9-14(2)13-19(17)20-18-8-6-5-7-16(18)11-12-21-20;1-3-5-4-2;1-2/h5-13,15H,4H2,1-3H3;3-5H2,1-2H3;1-2H3. The maximum atomic E-state index is 4.70. The summed E-state index contributed by atoms with van der Waals surface area (Å²) in [6.07, 6.45) is 7.13. The molecule has 0 radical (unpaired) electrons. The lowest BCUT2D eigenvalue weighted by Crippen LogP contribution is -1.98. The number of nitrogens with zero attached hydrogens (tertiary/aromatic N) is 1. The summed E-state index contributed by atoms with van der Waals surface area (Å²) < 4.78 is 0. The molecule has 0 aliphatic carbocycles. The van der Waals surface area contributed by atoms with Crippen LogP contribution < -0.4 is 0 Å². The van der Waals surface area contributed by atoms with Crippen molar-refractivity contribution in [3.63, 3.8) is 0 Å². The summed E-state index contributed by atoms with van der Waals surface area (Å²) in [5.74, 6) is 0.543. The second kappa shape index (κ2) is 13.1. The molecular weight excluding hydrogens is 338 g/mol. The number of benzene rings is 2. The summed E-state index contributed by atoms with van der Waals surface area (Å²) in [7, 11) is 0. The molecule has 3 aromatic rings. The number of pyridine rings is 1. The monoisotopic (exact) mass is 377 g/mol. The predicted octanol–water partition coefficient (Wildman–Crippen LogP) is 8.95. The van der Waals surface area contributed by atoms with Crippen molar-refractivity contribution in [3.8, 4) is 11.3 Å². The molecule has 1 aromatic heterocycles. The van der Waals surface area contributed by atoms with Crippen LogP contribution in [0.5, 0.6) is 0 Å². The molecule has 1 atom stereocenters. The third-order valence-electron chi connectivity index (χ3n) is 4.99. The number of unbranched alkanes of at least 4 members (excludes halogenated alkanes) is 2. The third kappa shape index (κ3) is 6.48. The molecule has 28 heavy (non-hydrogen) atoms. The maximum absolute atomic E-state index is 4.70. The summed E-state index contributed by atoms with van der Waals surface area (Å²) in [5.41, 5.74) is 5.06. The Bertz CT molecular complexity index is 812. The Morgan fingerprint density at radius 3 is 2.18 bits per heavy atom. The molecule has 1 heteroatoms. The fraction of sp³-hybridized carbons (Fsp3) is 0.444. The molecule has 0 aliphatic rings. The van der Waals surface area contributed by atoms with Crippen LogP contribution >= 0.6 is 0 Å². The first-order chi connectivity index (χ1) is 13.6. The van der Waals surface area contributed by atoms with Crippen LogP contribution in [-0.2, 0) is 0 Å². The molecule has 2 aromatic carbocycles. The van der Waals surface area contributed by atoms with Crippen LogP contribution in [0.1, 0.15) is 84.3 Å². The van der Waals surface area contributed by atoms with Crippen LogP contribution in [0.2, 0.25) is 0 Å². The molecule has 0 bridgehead atoms. The van der Waals surface area contributed by atoms with Crippen molar-refractivity contribution in [1.82, 2.24) is 4.98 Å². The quantitative estimate of drug-likeness (QED) is 0.432. The Labute approximate surface area is 173 Å². The van der Waals surface area contributed by atoms with Gasteiger partial charge in [-0.2, -0.15) is 0 Å². The molecule has 1 unspecified atom stereocenters. The maximum Gasteiger partial charge on any atom is 0.0783 e. The highest BCUT2D eigenvalue weighted by molar-refractivity contribution is 5.95. The first kappa shape index (κ1) is 23.9. The molecule has 0 spiro atoms. The van der Waals surface area contributed by atoms with Gasteiger partial charge in [-0.05, 0) is 42.3 Å². The first-order valence-electron chi connectivity index (χ1n) is 11.1. The summed E-state index contributed by atoms with van der Waals surface area (Å²) >= 11 is 0. The SMILES string of the molecule is CC.CCC(C)c1ccc(C)cc1-c1nccc2ccccc12.CCCCC. The van der Waals surface area contributed by atoms with Crippen molar-refractivity contribution in [2.24, 2.45) is 0 Å². The van der Waals surface area contributed by atoms with E-state index in [4.69, 9.17) is 4.98 Å². The molecule has 0 aliphatic heterocycles. The van der Waals surface area contributed by atoms with Gasteiger partial charge in [0.05, 0.1) is 5.69 Å². The van der Waals surface area contributed by atoms with Crippen LogP contribution in [0.25, 0.3) is 22.0 Å². The fourth-order valence-electron chi connectivity index (χ4n) is 3.21. The number of aryl methyl sites for hydroxylation is 1. The highest BCUT2D eigenvalue weighted by Gasteiger charge is 2.14. The molecule has 152 valence electrons. The minimum absolute atomic E-state index is 0.543. The van der Waals surface area contributed by atoms with Crippen molar-refractivity contribution in [2.45, 2.75) is 80.1 Å². The zero-order valence-corrected chi connectivity index (χ0v) is 19.0. The van der Waals surface area contributed by atoms with Crippen LogP contribution in [0.3, 0.4) is 0 Å². The molecule has 0 saturated heterocycles. The summed E-state index contributed by atoms with van der Waals surface area (Å²) in [6.45, 7) is 15.1. The summed E-state index contributed by atoms with van der Waals surface area (Å²) in [5, 5.41) is 2.48. The number of hydrogen-bond acceptors (Lipinski definition) is 1. The van der Waals surface area contributed by atoms with E-state index in [1.165, 1.54) is 46.7 Å². The van der Waals surface area contributed by atoms with Crippen LogP contribution in [0, 0.1) is 6.92 Å². The fourth-order valence-corrected chi connectivity index (χ4v) is 3.21. The molecule has 3 rings (SSSR count). The largest absolute Gasteiger partial charge is 0.256 e. The second-order valence-corrected chi connectivity index (χ2v) is 7.13. The Morgan fingerprint density at radius 2 is 1.57 bits per heavy atom. The van der Waals surface area contributed by atoms with Gasteiger partial charge in [0.1, 0.15) is 0 Å². The van der Waals surface area contributed by atoms with Crippen LogP contribution in [0.15, 0.2) is 54.7 Å². The summed E-state index contributed by atoms with van der Waals surface area (Å²) in [6, 6.07) is 17.3. The third-order valence-corrected chi connectivity index (χ3v) is 4.99. The van der Waals surface area contributed by atoms with E-state index in [1.807, 2.05) is 20.0 Å². The van der Waals surface area contributed by atoms with Crippen LogP contribution in [0.4, 0.5) is 0 Å². The predicted molar refractivity (Wildman–Crippen MR) is 127 cm³/mol. The molecule has 0 N–H and O–H groups in total. The highest BCUT2D eigenvalue weighted by atomic mass is 14.7. The highest BCUT2D eigenvalue weighted by Crippen LogP contribution is 2.34. The number of rotatable bonds is 5. The number of aromatic nitrogens is 1. The minimum atomic E-state index is 0.543. The number of hydrogen-bond donors (Lipinski definition) is 0. The average molecular weight is 378 g/mol. The van der Waals surface area contributed by atoms with Gasteiger partial charge in [0.25, 0.3) is 0 Å². The first-order valence-corrected chi connectivity index (χ1v) is 11.1. The average Bonchev–Trinajstić information content (AvgIpc) is 2.75. The van der Waals surface area contributed by atoms with E-state index < -0.39 is 0 Å². The van der Waals surface area contributed by atoms with Gasteiger partial charge in [-0.3, -0.25) is 4.98 Å². The molecular formula is C27H39N. The number of fused-ring (bicyclic) bond motifs is 1. The van der Waals surface area contributed by atoms with Gasteiger partial charge in [0.2, 0.25) is 0 Å². The van der Waals surface area contributed by atoms with Gasteiger partial charge in [-0.15, -0.1) is 0 Å². The molecule has 0 fully saturated rings. The molecule has 0 amide bonds. The Morgan fingerprint density at radius 1 is 0.893 bits per heavy atom. The van der Waals surface area contributed by atoms with Crippen molar-refractivity contribution in [1.29, 1.82) is 0 Å². The minimum Gasteiger partial charge on any atom is -0.256 e. The van der Waals surface area contributed by atoms with Gasteiger partial charge in [0.15, 0.2) is 0 Å². The van der Waals surface area contributed by atoms with E-state index >= 15 is 0 Å². The summed E-state index contributed by atoms with van der Waals surface area (Å²) in [4.78, 5) is 4.70. The van der Waals surface area contributed by atoms with Gasteiger partial charge in [0, 0.05) is 17.1 Å². The molecule has 1 heterocycles. The van der Waals surface area contributed by atoms with E-state index in [0.717, 1.165) is 12.1 Å². The molecule has 1 nitrogen and oxygen atoms in total. The van der Waals surface area contributed by atoms with Crippen molar-refractivity contribution in [2.75, 3.05) is 0 Å². The lowest BCUT2D eigenvalue weighted by molar-refractivity contribution is 0.735. The van der Waals surface area contributed by atoms with Gasteiger partial charge < -0.3 is 0 Å². The Hall–Kier alpha value is -2.15. The topological polar surface area (TPSA) is 12.9 Å². The van der Waals surface area contributed by atoms with E-state index in [9.17, 15) is 0 Å². The zero-order valence-electron chi connectivity index (χ0n) is 19.0. The van der Waals surface area contributed by atoms with Crippen molar-refractivity contribution < 1.29 is 0 Å². The Kier molecular flexibility index (Phi) is 11.2. The van der Waals surface area contributed by atoms with Crippen LogP contribution in [-0.4, -0.2) is 4.98 Å². The van der Waals surface area contributed by atoms with Gasteiger partial charge in [-0.1, -0.05) is 103 Å². The lowest BCUT2D eigenvalue weighted by Gasteiger charge is -2.16. The van der Waals surface area contributed by atoms with Gasteiger partial charge in [-0.25, -0.2) is 0 Å². The van der Waals surface area contributed by atoms with E-state index in [-0.39, 0.29) is 0 Å². The van der Waals surface area contributed by atoms with E-state index in [0.29, 0.717) is 5.92 Å². The lowest BCUT2D eigenvalue weighted by atomic mass is 9.89. The smallest absolute Gasteiger partial charge is 0.0783 e. The molecule has 0 saturated carbocycles. The van der Waals surface area contributed by atoms with Crippen molar-refractivity contribution in [3.05, 3.63) is 65.9 Å². The van der Waals surface area contributed by atoms with E-state index in [1.54, 1.807) is 0 Å². The zero-order chi connectivity index (χ0) is 20.9. The van der Waals surface area contributed by atoms with E-state index in [2.05, 4.69) is 83.1 Å².